The first-order valence-electron chi connectivity index (χ1n) is 8.40. The molecule has 1 fully saturated rings. The highest BCUT2D eigenvalue weighted by Gasteiger charge is 2.25. The average molecular weight is 340 g/mol. The lowest BCUT2D eigenvalue weighted by Crippen LogP contribution is -2.44. The van der Waals surface area contributed by atoms with Gasteiger partial charge < -0.3 is 9.84 Å². The van der Waals surface area contributed by atoms with Crippen LogP contribution in [0.2, 0.25) is 0 Å². The maximum Gasteiger partial charge on any atom is 0.261 e. The number of aryl methyl sites for hydroxylation is 2. The fourth-order valence-electron chi connectivity index (χ4n) is 3.08. The molecule has 1 aliphatic rings. The van der Waals surface area contributed by atoms with Crippen LogP contribution >= 0.6 is 0 Å². The molecule has 0 spiro atoms. The van der Waals surface area contributed by atoms with E-state index in [-0.39, 0.29) is 11.6 Å². The summed E-state index contributed by atoms with van der Waals surface area (Å²) in [5, 5.41) is 8.06. The van der Waals surface area contributed by atoms with Gasteiger partial charge in [-0.15, -0.1) is 0 Å². The maximum absolute atomic E-state index is 12.5. The SMILES string of the molecule is CN1CCNCC1c1noc(CCn2cnc3ccccc3c2=O)n1. The Labute approximate surface area is 144 Å². The van der Waals surface area contributed by atoms with Gasteiger partial charge in [0, 0.05) is 32.6 Å². The van der Waals surface area contributed by atoms with Crippen molar-refractivity contribution >= 4 is 10.9 Å². The second-order valence-corrected chi connectivity index (χ2v) is 6.26. The lowest BCUT2D eigenvalue weighted by atomic mass is 10.2. The first-order valence-corrected chi connectivity index (χ1v) is 8.40. The summed E-state index contributed by atoms with van der Waals surface area (Å²) in [5.41, 5.74) is 0.651. The van der Waals surface area contributed by atoms with Gasteiger partial charge in [0.05, 0.1) is 23.3 Å². The van der Waals surface area contributed by atoms with E-state index < -0.39 is 0 Å². The van der Waals surface area contributed by atoms with E-state index in [4.69, 9.17) is 4.52 Å². The zero-order chi connectivity index (χ0) is 17.2. The Morgan fingerprint density at radius 2 is 2.24 bits per heavy atom. The molecule has 1 saturated heterocycles. The minimum atomic E-state index is -0.0541. The highest BCUT2D eigenvalue weighted by molar-refractivity contribution is 5.76. The van der Waals surface area contributed by atoms with Crippen molar-refractivity contribution in [3.05, 3.63) is 52.7 Å². The van der Waals surface area contributed by atoms with Gasteiger partial charge in [-0.2, -0.15) is 4.98 Å². The predicted octanol–water partition coefficient (Wildman–Crippen LogP) is 0.598. The van der Waals surface area contributed by atoms with Crippen LogP contribution in [0.1, 0.15) is 17.8 Å². The van der Waals surface area contributed by atoms with Gasteiger partial charge >= 0.3 is 0 Å². The van der Waals surface area contributed by atoms with Crippen LogP contribution in [0.3, 0.4) is 0 Å². The number of hydrogen-bond donors (Lipinski definition) is 1. The molecule has 0 amide bonds. The molecule has 3 heterocycles. The second kappa shape index (κ2) is 6.73. The number of nitrogens with zero attached hydrogens (tertiary/aromatic N) is 5. The predicted molar refractivity (Wildman–Crippen MR) is 92.2 cm³/mol. The molecule has 1 atom stereocenters. The van der Waals surface area contributed by atoms with Crippen LogP contribution in [0, 0.1) is 0 Å². The number of rotatable bonds is 4. The maximum atomic E-state index is 12.5. The van der Waals surface area contributed by atoms with E-state index in [1.165, 1.54) is 0 Å². The number of hydrogen-bond acceptors (Lipinski definition) is 7. The van der Waals surface area contributed by atoms with Crippen LogP contribution in [-0.2, 0) is 13.0 Å². The van der Waals surface area contributed by atoms with Crippen LogP contribution < -0.4 is 10.9 Å². The molecule has 8 nitrogen and oxygen atoms in total. The van der Waals surface area contributed by atoms with Crippen molar-refractivity contribution < 1.29 is 4.52 Å². The monoisotopic (exact) mass is 340 g/mol. The average Bonchev–Trinajstić information content (AvgIpc) is 3.10. The quantitative estimate of drug-likeness (QED) is 0.744. The number of benzene rings is 1. The zero-order valence-electron chi connectivity index (χ0n) is 14.1. The van der Waals surface area contributed by atoms with Crippen LogP contribution in [0.25, 0.3) is 10.9 Å². The van der Waals surface area contributed by atoms with Crippen molar-refractivity contribution in [3.63, 3.8) is 0 Å². The normalized spacial score (nSPS) is 18.7. The third kappa shape index (κ3) is 3.18. The number of fused-ring (bicyclic) bond motifs is 1. The van der Waals surface area contributed by atoms with E-state index in [1.807, 2.05) is 18.2 Å². The molecule has 0 aliphatic carbocycles. The Balaban J connectivity index is 1.49. The highest BCUT2D eigenvalue weighted by atomic mass is 16.5. The minimum Gasteiger partial charge on any atom is -0.339 e. The summed E-state index contributed by atoms with van der Waals surface area (Å²) in [4.78, 5) is 23.5. The summed E-state index contributed by atoms with van der Waals surface area (Å²) in [6, 6.07) is 7.46. The summed E-state index contributed by atoms with van der Waals surface area (Å²) in [7, 11) is 2.06. The standard InChI is InChI=1S/C17H20N6O2/c1-22-9-7-18-10-14(22)16-20-15(25-21-16)6-8-23-11-19-13-5-3-2-4-12(13)17(23)24/h2-5,11,14,18H,6-10H2,1H3. The fraction of sp³-hybridized carbons (Fsp3) is 0.412. The summed E-state index contributed by atoms with van der Waals surface area (Å²) in [6.45, 7) is 3.18. The van der Waals surface area contributed by atoms with E-state index >= 15 is 0 Å². The molecular formula is C17H20N6O2. The van der Waals surface area contributed by atoms with Crippen molar-refractivity contribution in [2.45, 2.75) is 19.0 Å². The third-order valence-corrected chi connectivity index (χ3v) is 4.59. The Bertz CT molecular complexity index is 934. The van der Waals surface area contributed by atoms with Crippen molar-refractivity contribution in [2.24, 2.45) is 0 Å². The first-order chi connectivity index (χ1) is 12.2. The van der Waals surface area contributed by atoms with Crippen LogP contribution in [-0.4, -0.2) is 51.3 Å². The van der Waals surface area contributed by atoms with E-state index in [0.717, 1.165) is 19.6 Å². The van der Waals surface area contributed by atoms with E-state index in [0.29, 0.717) is 35.6 Å². The number of nitrogens with one attached hydrogen (secondary N) is 1. The van der Waals surface area contributed by atoms with E-state index in [9.17, 15) is 4.79 Å². The summed E-state index contributed by atoms with van der Waals surface area (Å²) in [6.07, 6.45) is 2.07. The van der Waals surface area contributed by atoms with Gasteiger partial charge in [0.25, 0.3) is 5.56 Å². The third-order valence-electron chi connectivity index (χ3n) is 4.59. The summed E-state index contributed by atoms with van der Waals surface area (Å²) in [5.74, 6) is 1.22. The van der Waals surface area contributed by atoms with Gasteiger partial charge in [-0.25, -0.2) is 4.98 Å². The minimum absolute atomic E-state index is 0.0541. The van der Waals surface area contributed by atoms with Gasteiger partial charge in [0.15, 0.2) is 5.82 Å². The largest absolute Gasteiger partial charge is 0.339 e. The highest BCUT2D eigenvalue weighted by Crippen LogP contribution is 2.17. The molecule has 1 unspecified atom stereocenters. The van der Waals surface area contributed by atoms with E-state index in [1.54, 1.807) is 17.0 Å². The van der Waals surface area contributed by atoms with Crippen molar-refractivity contribution in [3.8, 4) is 0 Å². The van der Waals surface area contributed by atoms with Crippen molar-refractivity contribution in [1.29, 1.82) is 0 Å². The molecule has 1 aliphatic heterocycles. The van der Waals surface area contributed by atoms with Gasteiger partial charge in [0.2, 0.25) is 5.89 Å². The second-order valence-electron chi connectivity index (χ2n) is 6.26. The molecule has 0 radical (unpaired) electrons. The number of aromatic nitrogens is 4. The molecule has 1 aromatic carbocycles. The molecular weight excluding hydrogens is 320 g/mol. The van der Waals surface area contributed by atoms with Gasteiger partial charge in [0.1, 0.15) is 0 Å². The molecule has 1 N–H and O–H groups in total. The fourth-order valence-corrected chi connectivity index (χ4v) is 3.08. The van der Waals surface area contributed by atoms with Crippen LogP contribution in [0.15, 0.2) is 39.9 Å². The van der Waals surface area contributed by atoms with Crippen molar-refractivity contribution in [2.75, 3.05) is 26.7 Å². The number of piperazine rings is 1. The molecule has 0 saturated carbocycles. The zero-order valence-corrected chi connectivity index (χ0v) is 14.1. The Kier molecular flexibility index (Phi) is 4.29. The molecule has 25 heavy (non-hydrogen) atoms. The van der Waals surface area contributed by atoms with Crippen LogP contribution in [0.5, 0.6) is 0 Å². The topological polar surface area (TPSA) is 89.1 Å². The lowest BCUT2D eigenvalue weighted by Gasteiger charge is -2.30. The summed E-state index contributed by atoms with van der Waals surface area (Å²) >= 11 is 0. The molecule has 0 bridgehead atoms. The molecule has 8 heteroatoms. The Hall–Kier alpha value is -2.58. The molecule has 2 aromatic heterocycles. The lowest BCUT2D eigenvalue weighted by molar-refractivity contribution is 0.190. The summed E-state index contributed by atoms with van der Waals surface area (Å²) < 4.78 is 6.95. The van der Waals surface area contributed by atoms with Gasteiger partial charge in [-0.3, -0.25) is 14.3 Å². The Morgan fingerprint density at radius 3 is 3.12 bits per heavy atom. The smallest absolute Gasteiger partial charge is 0.261 e. The Morgan fingerprint density at radius 1 is 1.36 bits per heavy atom. The van der Waals surface area contributed by atoms with Crippen molar-refractivity contribution in [1.82, 2.24) is 29.9 Å². The van der Waals surface area contributed by atoms with Crippen LogP contribution in [0.4, 0.5) is 0 Å². The van der Waals surface area contributed by atoms with E-state index in [2.05, 4.69) is 32.4 Å². The first kappa shape index (κ1) is 15.9. The molecule has 130 valence electrons. The van der Waals surface area contributed by atoms with Gasteiger partial charge in [-0.1, -0.05) is 17.3 Å². The number of likely N-dealkylation sites (N-methyl/N-ethyl adjacent to an activating group) is 1. The van der Waals surface area contributed by atoms with Gasteiger partial charge in [-0.05, 0) is 19.2 Å². The molecule has 4 rings (SSSR count). The number of para-hydroxylation sites is 1. The molecule has 3 aromatic rings.